The van der Waals surface area contributed by atoms with E-state index in [0.717, 1.165) is 17.7 Å². The lowest BCUT2D eigenvalue weighted by Gasteiger charge is -2.09. The number of nitrogens with zero attached hydrogens (tertiary/aromatic N) is 1. The van der Waals surface area contributed by atoms with E-state index in [-0.39, 0.29) is 0 Å². The maximum Gasteiger partial charge on any atom is 0.153 e. The summed E-state index contributed by atoms with van der Waals surface area (Å²) in [5.74, 6) is 1.15. The Kier molecular flexibility index (Phi) is 4.13. The predicted molar refractivity (Wildman–Crippen MR) is 71.7 cm³/mol. The molecule has 4 nitrogen and oxygen atoms in total. The second kappa shape index (κ2) is 6.00. The number of rotatable bonds is 5. The Labute approximate surface area is 112 Å². The van der Waals surface area contributed by atoms with Crippen LogP contribution in [-0.2, 0) is 6.61 Å². The van der Waals surface area contributed by atoms with Crippen LogP contribution in [0.3, 0.4) is 0 Å². The normalized spacial score (nSPS) is 10.0. The van der Waals surface area contributed by atoms with Gasteiger partial charge in [0.15, 0.2) is 6.29 Å². The fourth-order valence-electron chi connectivity index (χ4n) is 1.71. The summed E-state index contributed by atoms with van der Waals surface area (Å²) in [5, 5.41) is 0. The van der Waals surface area contributed by atoms with Crippen LogP contribution in [0.5, 0.6) is 11.5 Å². The molecule has 1 heterocycles. The largest absolute Gasteiger partial charge is 0.497 e. The molecule has 0 N–H and O–H groups in total. The number of carbonyl (C=O) groups excluding carboxylic acids is 1. The Morgan fingerprint density at radius 2 is 2.11 bits per heavy atom. The molecule has 0 atom stereocenters. The minimum atomic E-state index is 0.328. The first kappa shape index (κ1) is 13.1. The van der Waals surface area contributed by atoms with Crippen LogP contribution in [0.25, 0.3) is 0 Å². The van der Waals surface area contributed by atoms with Crippen LogP contribution >= 0.6 is 0 Å². The molecule has 0 unspecified atom stereocenters. The third-order valence-corrected chi connectivity index (χ3v) is 2.67. The summed E-state index contributed by atoms with van der Waals surface area (Å²) in [4.78, 5) is 15.3. The molecule has 0 aliphatic heterocycles. The molecule has 2 rings (SSSR count). The Balaban J connectivity index is 2.13. The highest BCUT2D eigenvalue weighted by molar-refractivity contribution is 5.80. The summed E-state index contributed by atoms with van der Waals surface area (Å²) in [6.45, 7) is 2.25. The molecule has 98 valence electrons. The van der Waals surface area contributed by atoms with Gasteiger partial charge in [0, 0.05) is 5.69 Å². The zero-order valence-electron chi connectivity index (χ0n) is 10.9. The number of ether oxygens (including phenoxy) is 2. The summed E-state index contributed by atoms with van der Waals surface area (Å²) in [7, 11) is 1.56. The number of methoxy groups -OCH3 is 1. The Morgan fingerprint density at radius 1 is 1.26 bits per heavy atom. The van der Waals surface area contributed by atoms with Crippen molar-refractivity contribution in [2.75, 3.05) is 7.11 Å². The second-order valence-corrected chi connectivity index (χ2v) is 4.08. The molecular weight excluding hydrogens is 242 g/mol. The van der Waals surface area contributed by atoms with Crippen LogP contribution in [0.15, 0.2) is 36.4 Å². The lowest BCUT2D eigenvalue weighted by Crippen LogP contribution is -2.01. The van der Waals surface area contributed by atoms with Gasteiger partial charge in [0.2, 0.25) is 0 Å². The van der Waals surface area contributed by atoms with Crippen molar-refractivity contribution < 1.29 is 14.3 Å². The van der Waals surface area contributed by atoms with Gasteiger partial charge in [0.25, 0.3) is 0 Å². The van der Waals surface area contributed by atoms with E-state index >= 15 is 0 Å². The number of carbonyl (C=O) groups is 1. The molecule has 4 heteroatoms. The number of aromatic nitrogens is 1. The molecule has 0 fully saturated rings. The van der Waals surface area contributed by atoms with E-state index in [0.29, 0.717) is 23.7 Å². The van der Waals surface area contributed by atoms with Crippen LogP contribution in [0.1, 0.15) is 21.7 Å². The molecule has 2 aromatic rings. The van der Waals surface area contributed by atoms with Gasteiger partial charge in [-0.2, -0.15) is 0 Å². The van der Waals surface area contributed by atoms with Crippen LogP contribution in [0.4, 0.5) is 0 Å². The molecule has 0 bridgehead atoms. The van der Waals surface area contributed by atoms with Gasteiger partial charge in [-0.15, -0.1) is 0 Å². The molecule has 0 spiro atoms. The molecule has 0 amide bonds. The molecule has 0 saturated carbocycles. The van der Waals surface area contributed by atoms with Crippen LogP contribution in [0.2, 0.25) is 0 Å². The van der Waals surface area contributed by atoms with Gasteiger partial charge in [0.05, 0.1) is 18.4 Å². The summed E-state index contributed by atoms with van der Waals surface area (Å²) >= 11 is 0. The van der Waals surface area contributed by atoms with Crippen molar-refractivity contribution >= 4 is 6.29 Å². The van der Waals surface area contributed by atoms with Gasteiger partial charge in [0.1, 0.15) is 18.1 Å². The molecule has 0 radical (unpaired) electrons. The molecule has 1 aromatic carbocycles. The second-order valence-electron chi connectivity index (χ2n) is 4.08. The first-order chi connectivity index (χ1) is 9.22. The van der Waals surface area contributed by atoms with Crippen LogP contribution in [0, 0.1) is 6.92 Å². The molecule has 1 aromatic heterocycles. The number of pyridine rings is 1. The summed E-state index contributed by atoms with van der Waals surface area (Å²) in [6.07, 6.45) is 0.752. The summed E-state index contributed by atoms with van der Waals surface area (Å²) < 4.78 is 10.7. The van der Waals surface area contributed by atoms with E-state index in [1.807, 2.05) is 25.1 Å². The highest BCUT2D eigenvalue weighted by Gasteiger charge is 2.05. The minimum Gasteiger partial charge on any atom is -0.497 e. The Bertz CT molecular complexity index is 581. The monoisotopic (exact) mass is 257 g/mol. The standard InChI is InChI=1S/C15H15NO3/c1-11-4-3-5-13(16-11)10-19-15-7-6-14(18-2)8-12(15)9-17/h3-9H,10H2,1-2H3. The topological polar surface area (TPSA) is 48.4 Å². The maximum absolute atomic E-state index is 11.0. The first-order valence-electron chi connectivity index (χ1n) is 5.91. The Hall–Kier alpha value is -2.36. The third-order valence-electron chi connectivity index (χ3n) is 2.67. The summed E-state index contributed by atoms with van der Waals surface area (Å²) in [5.41, 5.74) is 2.23. The van der Waals surface area contributed by atoms with E-state index in [4.69, 9.17) is 9.47 Å². The average Bonchev–Trinajstić information content (AvgIpc) is 2.45. The lowest BCUT2D eigenvalue weighted by atomic mass is 10.2. The maximum atomic E-state index is 11.0. The number of hydrogen-bond acceptors (Lipinski definition) is 4. The van der Waals surface area contributed by atoms with Gasteiger partial charge in [-0.05, 0) is 37.3 Å². The summed E-state index contributed by atoms with van der Waals surface area (Å²) in [6, 6.07) is 10.9. The number of benzene rings is 1. The molecular formula is C15H15NO3. The first-order valence-corrected chi connectivity index (χ1v) is 5.91. The van der Waals surface area contributed by atoms with Crippen molar-refractivity contribution in [3.05, 3.63) is 53.3 Å². The highest BCUT2D eigenvalue weighted by Crippen LogP contribution is 2.23. The predicted octanol–water partition coefficient (Wildman–Crippen LogP) is 2.79. The fourth-order valence-corrected chi connectivity index (χ4v) is 1.71. The van der Waals surface area contributed by atoms with Crippen molar-refractivity contribution in [3.8, 4) is 11.5 Å². The zero-order chi connectivity index (χ0) is 13.7. The molecule has 0 aliphatic rings. The molecule has 0 aliphatic carbocycles. The van der Waals surface area contributed by atoms with E-state index in [9.17, 15) is 4.79 Å². The van der Waals surface area contributed by atoms with Crippen LogP contribution in [-0.4, -0.2) is 18.4 Å². The van der Waals surface area contributed by atoms with Crippen LogP contribution < -0.4 is 9.47 Å². The lowest BCUT2D eigenvalue weighted by molar-refractivity contribution is 0.111. The highest BCUT2D eigenvalue weighted by atomic mass is 16.5. The van der Waals surface area contributed by atoms with Gasteiger partial charge >= 0.3 is 0 Å². The average molecular weight is 257 g/mol. The quantitative estimate of drug-likeness (QED) is 0.773. The van der Waals surface area contributed by atoms with Crippen molar-refractivity contribution in [1.29, 1.82) is 0 Å². The smallest absolute Gasteiger partial charge is 0.153 e. The Morgan fingerprint density at radius 3 is 2.79 bits per heavy atom. The van der Waals surface area contributed by atoms with Crippen molar-refractivity contribution in [2.24, 2.45) is 0 Å². The van der Waals surface area contributed by atoms with E-state index in [1.165, 1.54) is 0 Å². The van der Waals surface area contributed by atoms with Gasteiger partial charge in [-0.1, -0.05) is 6.07 Å². The van der Waals surface area contributed by atoms with Crippen molar-refractivity contribution in [2.45, 2.75) is 13.5 Å². The van der Waals surface area contributed by atoms with Gasteiger partial charge < -0.3 is 9.47 Å². The van der Waals surface area contributed by atoms with Gasteiger partial charge in [-0.25, -0.2) is 0 Å². The third kappa shape index (κ3) is 3.31. The van der Waals surface area contributed by atoms with E-state index in [1.54, 1.807) is 25.3 Å². The SMILES string of the molecule is COc1ccc(OCc2cccc(C)n2)c(C=O)c1. The van der Waals surface area contributed by atoms with Crippen molar-refractivity contribution in [3.63, 3.8) is 0 Å². The number of hydrogen-bond donors (Lipinski definition) is 0. The minimum absolute atomic E-state index is 0.328. The zero-order valence-corrected chi connectivity index (χ0v) is 10.9. The van der Waals surface area contributed by atoms with Gasteiger partial charge in [-0.3, -0.25) is 9.78 Å². The molecule has 0 saturated heterocycles. The molecule has 19 heavy (non-hydrogen) atoms. The fraction of sp³-hybridized carbons (Fsp3) is 0.200. The number of aldehydes is 1. The van der Waals surface area contributed by atoms with E-state index < -0.39 is 0 Å². The van der Waals surface area contributed by atoms with Crippen molar-refractivity contribution in [1.82, 2.24) is 4.98 Å². The van der Waals surface area contributed by atoms with E-state index in [2.05, 4.69) is 4.98 Å². The number of aryl methyl sites for hydroxylation is 1.